The highest BCUT2D eigenvalue weighted by Gasteiger charge is 2.08. The van der Waals surface area contributed by atoms with Crippen molar-refractivity contribution in [3.63, 3.8) is 0 Å². The van der Waals surface area contributed by atoms with Crippen molar-refractivity contribution in [2.45, 2.75) is 12.8 Å². The van der Waals surface area contributed by atoms with E-state index >= 15 is 0 Å². The van der Waals surface area contributed by atoms with Crippen molar-refractivity contribution in [2.75, 3.05) is 0 Å². The number of tetrazole rings is 1. The molecule has 0 saturated carbocycles. The third-order valence-electron chi connectivity index (χ3n) is 5.39. The molecule has 1 aromatic heterocycles. The number of aromatic nitrogens is 4. The van der Waals surface area contributed by atoms with Gasteiger partial charge in [-0.2, -0.15) is 0 Å². The van der Waals surface area contributed by atoms with E-state index in [1.165, 1.54) is 5.56 Å². The highest BCUT2D eigenvalue weighted by atomic mass is 16.3. The van der Waals surface area contributed by atoms with Gasteiger partial charge in [0.2, 0.25) is 0 Å². The Morgan fingerprint density at radius 1 is 0.844 bits per heavy atom. The molecule has 0 spiro atoms. The van der Waals surface area contributed by atoms with Crippen molar-refractivity contribution in [3.8, 4) is 23.3 Å². The van der Waals surface area contributed by atoms with E-state index in [0.29, 0.717) is 18.6 Å². The molecule has 0 radical (unpaired) electrons. The summed E-state index contributed by atoms with van der Waals surface area (Å²) in [6.07, 6.45) is 2.89. The first-order valence-electron chi connectivity index (χ1n) is 10.4. The molecule has 5 nitrogen and oxygen atoms in total. The molecule has 0 atom stereocenters. The van der Waals surface area contributed by atoms with Crippen LogP contribution in [0.15, 0.2) is 91.3 Å². The van der Waals surface area contributed by atoms with Crippen LogP contribution in [0.1, 0.15) is 22.3 Å². The number of fused-ring (bicyclic) bond motifs is 1. The van der Waals surface area contributed by atoms with E-state index in [0.717, 1.165) is 33.2 Å². The minimum absolute atomic E-state index is 0.304. The zero-order chi connectivity index (χ0) is 21.8. The molecule has 0 fully saturated rings. The monoisotopic (exact) mass is 416 g/mol. The summed E-state index contributed by atoms with van der Waals surface area (Å²) in [5, 5.41) is 24.0. The molecule has 1 N–H and O–H groups in total. The van der Waals surface area contributed by atoms with Gasteiger partial charge in [0.15, 0.2) is 0 Å². The maximum atomic E-state index is 11.0. The van der Waals surface area contributed by atoms with Crippen molar-refractivity contribution in [1.82, 2.24) is 20.2 Å². The number of hydrogen-bond acceptors (Lipinski definition) is 4. The maximum Gasteiger partial charge on any atom is 0.143 e. The number of hydrogen-bond donors (Lipinski definition) is 1. The topological polar surface area (TPSA) is 63.8 Å². The molecule has 1 heterocycles. The number of phenols is 1. The van der Waals surface area contributed by atoms with Crippen LogP contribution in [0.4, 0.5) is 0 Å². The Morgan fingerprint density at radius 2 is 1.66 bits per heavy atom. The highest BCUT2D eigenvalue weighted by molar-refractivity contribution is 5.90. The molecule has 5 heteroatoms. The quantitative estimate of drug-likeness (QED) is 0.431. The van der Waals surface area contributed by atoms with Gasteiger partial charge in [-0.15, -0.1) is 5.10 Å². The molecule has 5 aromatic rings. The van der Waals surface area contributed by atoms with Crippen LogP contribution in [0.2, 0.25) is 0 Å². The summed E-state index contributed by atoms with van der Waals surface area (Å²) in [7, 11) is 0. The molecule has 4 aromatic carbocycles. The first-order valence-corrected chi connectivity index (χ1v) is 10.4. The van der Waals surface area contributed by atoms with Gasteiger partial charge in [-0.25, -0.2) is 4.68 Å². The van der Waals surface area contributed by atoms with E-state index in [1.54, 1.807) is 11.0 Å². The minimum atomic E-state index is 0.304. The van der Waals surface area contributed by atoms with Crippen LogP contribution in [-0.2, 0) is 12.8 Å². The van der Waals surface area contributed by atoms with Crippen LogP contribution >= 0.6 is 0 Å². The van der Waals surface area contributed by atoms with Crippen molar-refractivity contribution >= 4 is 10.8 Å². The molecule has 5 rings (SSSR count). The summed E-state index contributed by atoms with van der Waals surface area (Å²) in [6.45, 7) is 0. The second-order valence-corrected chi connectivity index (χ2v) is 7.57. The van der Waals surface area contributed by atoms with Gasteiger partial charge in [-0.3, -0.25) is 0 Å². The van der Waals surface area contributed by atoms with Crippen LogP contribution in [-0.4, -0.2) is 25.3 Å². The van der Waals surface area contributed by atoms with E-state index in [4.69, 9.17) is 0 Å². The summed E-state index contributed by atoms with van der Waals surface area (Å²) < 4.78 is 1.61. The highest BCUT2D eigenvalue weighted by Crippen LogP contribution is 2.31. The number of rotatable bonds is 4. The number of phenolic OH excluding ortho intramolecular Hbond substituents is 1. The van der Waals surface area contributed by atoms with Gasteiger partial charge in [0, 0.05) is 23.8 Å². The average molecular weight is 416 g/mol. The molecule has 0 aliphatic carbocycles. The summed E-state index contributed by atoms with van der Waals surface area (Å²) in [6, 6.07) is 28.1. The Morgan fingerprint density at radius 3 is 2.44 bits per heavy atom. The van der Waals surface area contributed by atoms with Gasteiger partial charge >= 0.3 is 0 Å². The molecule has 0 unspecified atom stereocenters. The molecule has 0 saturated heterocycles. The van der Waals surface area contributed by atoms with Crippen LogP contribution in [0, 0.1) is 11.8 Å². The van der Waals surface area contributed by atoms with Gasteiger partial charge in [0.1, 0.15) is 12.1 Å². The zero-order valence-corrected chi connectivity index (χ0v) is 17.3. The first-order chi connectivity index (χ1) is 15.8. The molecule has 0 aliphatic rings. The second kappa shape index (κ2) is 8.75. The molecule has 0 bridgehead atoms. The fraction of sp³-hybridized carbons (Fsp3) is 0.0741. The Bertz CT molecular complexity index is 1410. The fourth-order valence-electron chi connectivity index (χ4n) is 3.68. The lowest BCUT2D eigenvalue weighted by atomic mass is 9.98. The Balaban J connectivity index is 1.38. The predicted molar refractivity (Wildman–Crippen MR) is 125 cm³/mol. The van der Waals surface area contributed by atoms with Gasteiger partial charge < -0.3 is 5.11 Å². The Labute approximate surface area is 186 Å². The van der Waals surface area contributed by atoms with Crippen molar-refractivity contribution in [1.29, 1.82) is 0 Å². The summed E-state index contributed by atoms with van der Waals surface area (Å²) in [5.41, 5.74) is 4.95. The van der Waals surface area contributed by atoms with Crippen LogP contribution in [0.3, 0.4) is 0 Å². The standard InChI is InChI=1S/C27H20N4O/c32-27-24(17-22-10-15-25(16-11-22)31-19-28-29-30-31)14-13-23-12-9-21(18-26(23)27)8-4-7-20-5-2-1-3-6-20/h1-3,5-6,9-16,18-19,32H,7,17H2. The maximum absolute atomic E-state index is 11.0. The zero-order valence-electron chi connectivity index (χ0n) is 17.3. The third kappa shape index (κ3) is 4.21. The summed E-state index contributed by atoms with van der Waals surface area (Å²) >= 11 is 0. The summed E-state index contributed by atoms with van der Waals surface area (Å²) in [5.74, 6) is 6.75. The lowest BCUT2D eigenvalue weighted by Gasteiger charge is -2.09. The first kappa shape index (κ1) is 19.5. The molecule has 32 heavy (non-hydrogen) atoms. The Hall–Kier alpha value is -4.43. The molecular weight excluding hydrogens is 396 g/mol. The predicted octanol–water partition coefficient (Wildman–Crippen LogP) is 4.71. The van der Waals surface area contributed by atoms with E-state index in [9.17, 15) is 5.11 Å². The lowest BCUT2D eigenvalue weighted by molar-refractivity contribution is 0.476. The van der Waals surface area contributed by atoms with Crippen molar-refractivity contribution in [3.05, 3.63) is 114 Å². The van der Waals surface area contributed by atoms with Crippen molar-refractivity contribution in [2.24, 2.45) is 0 Å². The van der Waals surface area contributed by atoms with Crippen molar-refractivity contribution < 1.29 is 5.11 Å². The lowest BCUT2D eigenvalue weighted by Crippen LogP contribution is -1.96. The van der Waals surface area contributed by atoms with E-state index in [2.05, 4.69) is 39.5 Å². The Kier molecular flexibility index (Phi) is 5.34. The van der Waals surface area contributed by atoms with Gasteiger partial charge in [0.05, 0.1) is 5.69 Å². The third-order valence-corrected chi connectivity index (χ3v) is 5.39. The molecule has 154 valence electrons. The average Bonchev–Trinajstić information content (AvgIpc) is 3.37. The normalized spacial score (nSPS) is 10.6. The van der Waals surface area contributed by atoms with Gasteiger partial charge in [-0.1, -0.05) is 72.5 Å². The van der Waals surface area contributed by atoms with Gasteiger partial charge in [-0.05, 0) is 56.8 Å². The van der Waals surface area contributed by atoms with Crippen LogP contribution < -0.4 is 0 Å². The number of aromatic hydroxyl groups is 1. The van der Waals surface area contributed by atoms with E-state index < -0.39 is 0 Å². The molecular formula is C27H20N4O. The van der Waals surface area contributed by atoms with Crippen LogP contribution in [0.5, 0.6) is 5.75 Å². The van der Waals surface area contributed by atoms with Crippen LogP contribution in [0.25, 0.3) is 16.5 Å². The SMILES string of the molecule is Oc1c(Cc2ccc(-n3cnnn3)cc2)ccc2ccc(C#CCc3ccccc3)cc12. The second-order valence-electron chi connectivity index (χ2n) is 7.57. The van der Waals surface area contributed by atoms with Gasteiger partial charge in [0.25, 0.3) is 0 Å². The smallest absolute Gasteiger partial charge is 0.143 e. The van der Waals surface area contributed by atoms with E-state index in [1.807, 2.05) is 72.8 Å². The molecule has 0 aliphatic heterocycles. The fourth-order valence-corrected chi connectivity index (χ4v) is 3.68. The van der Waals surface area contributed by atoms with E-state index in [-0.39, 0.29) is 0 Å². The largest absolute Gasteiger partial charge is 0.507 e. The number of benzene rings is 4. The summed E-state index contributed by atoms with van der Waals surface area (Å²) in [4.78, 5) is 0. The minimum Gasteiger partial charge on any atom is -0.507 e. The molecule has 0 amide bonds. The number of nitrogens with zero attached hydrogens (tertiary/aromatic N) is 4.